The summed E-state index contributed by atoms with van der Waals surface area (Å²) in [5, 5.41) is 17.7. The molecule has 1 unspecified atom stereocenters. The van der Waals surface area contributed by atoms with E-state index in [1.165, 1.54) is 12.1 Å². The predicted octanol–water partition coefficient (Wildman–Crippen LogP) is -0.0655. The van der Waals surface area contributed by atoms with E-state index in [9.17, 15) is 4.21 Å². The molecule has 0 aliphatic heterocycles. The van der Waals surface area contributed by atoms with Crippen LogP contribution in [-0.2, 0) is 9.73 Å². The summed E-state index contributed by atoms with van der Waals surface area (Å²) >= 11 is 0. The number of hydrogen-bond acceptors (Lipinski definition) is 4. The molecule has 0 amide bonds. The molecule has 0 heterocycles. The molecule has 0 radical (unpaired) electrons. The maximum absolute atomic E-state index is 12.0. The quantitative estimate of drug-likeness (QED) is 0.630. The number of benzene rings is 1. The Labute approximate surface area is 89.1 Å². The van der Waals surface area contributed by atoms with Crippen molar-refractivity contribution >= 4 is 22.3 Å². The molecule has 0 saturated heterocycles. The van der Waals surface area contributed by atoms with E-state index in [2.05, 4.69) is 0 Å². The van der Waals surface area contributed by atoms with Crippen LogP contribution >= 0.6 is 0 Å². The van der Waals surface area contributed by atoms with Crippen LogP contribution in [0.3, 0.4) is 0 Å². The van der Waals surface area contributed by atoms with E-state index in [0.29, 0.717) is 10.4 Å². The second-order valence-electron chi connectivity index (χ2n) is 3.74. The zero-order chi connectivity index (χ0) is 11.1. The SMILES string of the molecule is N=S(=O)(c1ccc(B(O)O)cc1)C1CC1. The van der Waals surface area contributed by atoms with Crippen LogP contribution in [0, 0.1) is 4.78 Å². The zero-order valence-corrected chi connectivity index (χ0v) is 8.91. The van der Waals surface area contributed by atoms with E-state index >= 15 is 0 Å². The van der Waals surface area contributed by atoms with Gasteiger partial charge < -0.3 is 10.0 Å². The third-order valence-corrected chi connectivity index (χ3v) is 4.90. The van der Waals surface area contributed by atoms with Gasteiger partial charge in [0.2, 0.25) is 0 Å². The number of nitrogens with one attached hydrogen (secondary N) is 1. The Hall–Kier alpha value is -0.845. The van der Waals surface area contributed by atoms with E-state index < -0.39 is 16.8 Å². The summed E-state index contributed by atoms with van der Waals surface area (Å²) < 4.78 is 19.7. The van der Waals surface area contributed by atoms with E-state index in [4.69, 9.17) is 14.8 Å². The van der Waals surface area contributed by atoms with Crippen molar-refractivity contribution in [1.82, 2.24) is 0 Å². The second kappa shape index (κ2) is 3.62. The molecule has 4 nitrogen and oxygen atoms in total. The minimum atomic E-state index is -2.67. The highest BCUT2D eigenvalue weighted by Crippen LogP contribution is 2.33. The molecule has 1 aliphatic carbocycles. The van der Waals surface area contributed by atoms with Gasteiger partial charge >= 0.3 is 7.12 Å². The van der Waals surface area contributed by atoms with Crippen LogP contribution < -0.4 is 5.46 Å². The van der Waals surface area contributed by atoms with Crippen molar-refractivity contribution in [3.8, 4) is 0 Å². The molecule has 1 saturated carbocycles. The van der Waals surface area contributed by atoms with Gasteiger partial charge in [0.25, 0.3) is 0 Å². The average molecular weight is 225 g/mol. The first-order chi connectivity index (χ1) is 7.01. The van der Waals surface area contributed by atoms with E-state index in [1.54, 1.807) is 12.1 Å². The summed E-state index contributed by atoms with van der Waals surface area (Å²) in [7, 11) is -4.18. The topological polar surface area (TPSA) is 81.4 Å². The van der Waals surface area contributed by atoms with E-state index in [-0.39, 0.29) is 5.25 Å². The van der Waals surface area contributed by atoms with Gasteiger partial charge in [-0.15, -0.1) is 0 Å². The molecular weight excluding hydrogens is 213 g/mol. The van der Waals surface area contributed by atoms with Gasteiger partial charge in [-0.25, -0.2) is 8.99 Å². The van der Waals surface area contributed by atoms with E-state index in [0.717, 1.165) is 12.8 Å². The first-order valence-electron chi connectivity index (χ1n) is 4.75. The molecule has 80 valence electrons. The Morgan fingerprint density at radius 3 is 2.20 bits per heavy atom. The number of rotatable bonds is 3. The van der Waals surface area contributed by atoms with Gasteiger partial charge in [0.05, 0.1) is 9.73 Å². The Kier molecular flexibility index (Phi) is 2.58. The van der Waals surface area contributed by atoms with Crippen molar-refractivity contribution in [1.29, 1.82) is 4.78 Å². The van der Waals surface area contributed by atoms with Crippen LogP contribution in [0.1, 0.15) is 12.8 Å². The van der Waals surface area contributed by atoms with Gasteiger partial charge in [-0.05, 0) is 30.4 Å². The van der Waals surface area contributed by atoms with Crippen molar-refractivity contribution in [2.45, 2.75) is 23.0 Å². The highest BCUT2D eigenvalue weighted by atomic mass is 32.2. The van der Waals surface area contributed by atoms with Crippen molar-refractivity contribution in [3.63, 3.8) is 0 Å². The standard InChI is InChI=1S/C9H12BNO3S/c11-15(14,9-5-6-9)8-3-1-7(2-4-8)10(12)13/h1-4,9,11-13H,5-6H2. The Morgan fingerprint density at radius 1 is 1.27 bits per heavy atom. The van der Waals surface area contributed by atoms with Gasteiger partial charge in [0.15, 0.2) is 0 Å². The molecule has 0 bridgehead atoms. The molecule has 1 fully saturated rings. The third-order valence-electron chi connectivity index (χ3n) is 2.52. The van der Waals surface area contributed by atoms with Crippen LogP contribution in [0.4, 0.5) is 0 Å². The highest BCUT2D eigenvalue weighted by Gasteiger charge is 2.33. The van der Waals surface area contributed by atoms with Crippen molar-refractivity contribution in [3.05, 3.63) is 24.3 Å². The van der Waals surface area contributed by atoms with E-state index in [1.807, 2.05) is 0 Å². The van der Waals surface area contributed by atoms with Crippen LogP contribution in [0.5, 0.6) is 0 Å². The Morgan fingerprint density at radius 2 is 1.80 bits per heavy atom. The molecule has 15 heavy (non-hydrogen) atoms. The summed E-state index contributed by atoms with van der Waals surface area (Å²) in [6, 6.07) is 6.08. The third kappa shape index (κ3) is 2.06. The van der Waals surface area contributed by atoms with Crippen LogP contribution in [0.2, 0.25) is 0 Å². The molecule has 2 rings (SSSR count). The lowest BCUT2D eigenvalue weighted by Gasteiger charge is -2.06. The fraction of sp³-hybridized carbons (Fsp3) is 0.333. The van der Waals surface area contributed by atoms with Crippen LogP contribution in [0.25, 0.3) is 0 Å². The first-order valence-corrected chi connectivity index (χ1v) is 6.37. The summed E-state index contributed by atoms with van der Waals surface area (Å²) in [6.45, 7) is 0. The van der Waals surface area contributed by atoms with Gasteiger partial charge in [-0.3, -0.25) is 0 Å². The molecule has 3 N–H and O–H groups in total. The molecule has 1 aromatic rings. The lowest BCUT2D eigenvalue weighted by molar-refractivity contribution is 0.425. The molecule has 6 heteroatoms. The summed E-state index contributed by atoms with van der Waals surface area (Å²) in [4.78, 5) is 0.481. The smallest absolute Gasteiger partial charge is 0.423 e. The fourth-order valence-electron chi connectivity index (χ4n) is 1.43. The summed E-state index contributed by atoms with van der Waals surface area (Å²) in [6.07, 6.45) is 1.71. The Bertz CT molecular complexity index is 451. The van der Waals surface area contributed by atoms with Gasteiger partial charge in [0.1, 0.15) is 0 Å². The molecular formula is C9H12BNO3S. The normalized spacial score (nSPS) is 19.6. The maximum Gasteiger partial charge on any atom is 0.488 e. The van der Waals surface area contributed by atoms with Gasteiger partial charge in [-0.2, -0.15) is 0 Å². The van der Waals surface area contributed by atoms with Crippen molar-refractivity contribution in [2.75, 3.05) is 0 Å². The monoisotopic (exact) mass is 225 g/mol. The van der Waals surface area contributed by atoms with Gasteiger partial charge in [-0.1, -0.05) is 12.1 Å². The second-order valence-corrected chi connectivity index (χ2v) is 6.08. The highest BCUT2D eigenvalue weighted by molar-refractivity contribution is 7.93. The van der Waals surface area contributed by atoms with Crippen molar-refractivity contribution < 1.29 is 14.3 Å². The largest absolute Gasteiger partial charge is 0.488 e. The Balaban J connectivity index is 2.31. The number of hydrogen-bond donors (Lipinski definition) is 3. The molecule has 1 aliphatic rings. The predicted molar refractivity (Wildman–Crippen MR) is 58.4 cm³/mol. The first kappa shape index (κ1) is 10.7. The minimum Gasteiger partial charge on any atom is -0.423 e. The lowest BCUT2D eigenvalue weighted by Crippen LogP contribution is -2.29. The molecule has 1 aromatic carbocycles. The zero-order valence-electron chi connectivity index (χ0n) is 8.09. The maximum atomic E-state index is 12.0. The molecule has 1 atom stereocenters. The summed E-state index contributed by atoms with van der Waals surface area (Å²) in [5.74, 6) is 0. The fourth-order valence-corrected chi connectivity index (χ4v) is 3.16. The molecule has 0 spiro atoms. The summed E-state index contributed by atoms with van der Waals surface area (Å²) in [5.41, 5.74) is 0.352. The average Bonchev–Trinajstić information content (AvgIpc) is 3.01. The van der Waals surface area contributed by atoms with Crippen molar-refractivity contribution in [2.24, 2.45) is 0 Å². The van der Waals surface area contributed by atoms with Crippen LogP contribution in [-0.4, -0.2) is 26.6 Å². The van der Waals surface area contributed by atoms with Gasteiger partial charge in [0, 0.05) is 10.1 Å². The lowest BCUT2D eigenvalue weighted by atomic mass is 9.81. The molecule has 0 aromatic heterocycles. The van der Waals surface area contributed by atoms with Crippen LogP contribution in [0.15, 0.2) is 29.2 Å². The minimum absolute atomic E-state index is 0.0117.